The van der Waals surface area contributed by atoms with Crippen LogP contribution in [0.4, 0.5) is 0 Å². The molecule has 0 radical (unpaired) electrons. The summed E-state index contributed by atoms with van der Waals surface area (Å²) in [7, 11) is 0. The Hall–Kier alpha value is -0.870. The number of nitrogens with zero attached hydrogens (tertiary/aromatic N) is 3. The van der Waals surface area contributed by atoms with Crippen LogP contribution in [0.5, 0.6) is 0 Å². The Bertz CT molecular complexity index is 573. The first-order valence-electron chi connectivity index (χ1n) is 10.3. The van der Waals surface area contributed by atoms with Gasteiger partial charge in [0.05, 0.1) is 18.9 Å². The molecule has 0 saturated carbocycles. The maximum Gasteiger partial charge on any atom is 0.191 e. The van der Waals surface area contributed by atoms with Crippen LogP contribution in [0.15, 0.2) is 11.1 Å². The summed E-state index contributed by atoms with van der Waals surface area (Å²) >= 11 is 0. The minimum absolute atomic E-state index is 0. The monoisotopic (exact) mass is 507 g/mol. The molecule has 2 atom stereocenters. The van der Waals surface area contributed by atoms with Crippen molar-refractivity contribution in [2.24, 2.45) is 16.8 Å². The van der Waals surface area contributed by atoms with E-state index in [1.165, 1.54) is 5.69 Å². The van der Waals surface area contributed by atoms with E-state index in [1.807, 2.05) is 6.92 Å². The lowest BCUT2D eigenvalue weighted by Gasteiger charge is -2.14. The molecule has 1 aromatic heterocycles. The van der Waals surface area contributed by atoms with Gasteiger partial charge in [0, 0.05) is 51.0 Å². The molecule has 2 heterocycles. The number of guanidine groups is 1. The van der Waals surface area contributed by atoms with Crippen molar-refractivity contribution < 1.29 is 9.47 Å². The molecule has 28 heavy (non-hydrogen) atoms. The summed E-state index contributed by atoms with van der Waals surface area (Å²) in [5.74, 6) is 1.89. The molecule has 0 spiro atoms. The molecule has 1 aliphatic heterocycles. The molecule has 1 fully saturated rings. The summed E-state index contributed by atoms with van der Waals surface area (Å²) < 4.78 is 13.2. The molecule has 0 aliphatic carbocycles. The third-order valence-corrected chi connectivity index (χ3v) is 4.63. The smallest absolute Gasteiger partial charge is 0.191 e. The largest absolute Gasteiger partial charge is 0.381 e. The molecule has 0 bridgehead atoms. The minimum Gasteiger partial charge on any atom is -0.381 e. The number of rotatable bonds is 11. The summed E-state index contributed by atoms with van der Waals surface area (Å²) in [4.78, 5) is 4.72. The van der Waals surface area contributed by atoms with Gasteiger partial charge in [-0.2, -0.15) is 5.10 Å². The Balaban J connectivity index is 0.00000392. The van der Waals surface area contributed by atoms with Crippen LogP contribution >= 0.6 is 24.0 Å². The van der Waals surface area contributed by atoms with E-state index in [9.17, 15) is 0 Å². The average Bonchev–Trinajstić information content (AvgIpc) is 3.25. The van der Waals surface area contributed by atoms with E-state index in [-0.39, 0.29) is 24.0 Å². The van der Waals surface area contributed by atoms with E-state index in [2.05, 4.69) is 47.3 Å². The Labute approximate surface area is 187 Å². The Morgan fingerprint density at radius 2 is 2.25 bits per heavy atom. The van der Waals surface area contributed by atoms with Gasteiger partial charge in [0.15, 0.2) is 5.96 Å². The molecule has 2 unspecified atom stereocenters. The molecule has 2 N–H and O–H groups in total. The number of halogens is 1. The summed E-state index contributed by atoms with van der Waals surface area (Å²) in [6.45, 7) is 15.1. The van der Waals surface area contributed by atoms with Gasteiger partial charge in [-0.3, -0.25) is 9.67 Å². The van der Waals surface area contributed by atoms with Gasteiger partial charge in [-0.05, 0) is 45.6 Å². The molecule has 1 aliphatic rings. The number of hydrogen-bond donors (Lipinski definition) is 2. The van der Waals surface area contributed by atoms with Crippen molar-refractivity contribution in [1.82, 2.24) is 20.4 Å². The second kappa shape index (κ2) is 14.2. The van der Waals surface area contributed by atoms with Crippen LogP contribution in [0.1, 0.15) is 38.1 Å². The predicted molar refractivity (Wildman–Crippen MR) is 125 cm³/mol. The van der Waals surface area contributed by atoms with Crippen molar-refractivity contribution in [2.75, 3.05) is 46.1 Å². The van der Waals surface area contributed by atoms with Gasteiger partial charge in [0.1, 0.15) is 0 Å². The fourth-order valence-corrected chi connectivity index (χ4v) is 3.15. The van der Waals surface area contributed by atoms with Gasteiger partial charge in [-0.25, -0.2) is 0 Å². The van der Waals surface area contributed by atoms with Crippen LogP contribution in [0.3, 0.4) is 0 Å². The lowest BCUT2D eigenvalue weighted by molar-refractivity contribution is 0.0888. The molecule has 162 valence electrons. The molecule has 7 nitrogen and oxygen atoms in total. The standard InChI is InChI=1S/C20H37N5O2.HI/c1-5-21-20(22-8-6-9-26-14-19-7-10-27-15-19)23-12-16(2)13-25-18(4)11-17(3)24-25;/h11,16,19H,5-10,12-15H2,1-4H3,(H2,21,22,23);1H. The fraction of sp³-hybridized carbons (Fsp3) is 0.800. The zero-order valence-electron chi connectivity index (χ0n) is 17.9. The number of aryl methyl sites for hydroxylation is 2. The van der Waals surface area contributed by atoms with E-state index < -0.39 is 0 Å². The number of ether oxygens (including phenoxy) is 2. The lowest BCUT2D eigenvalue weighted by Crippen LogP contribution is -2.38. The van der Waals surface area contributed by atoms with Gasteiger partial charge in [0.25, 0.3) is 0 Å². The van der Waals surface area contributed by atoms with Gasteiger partial charge < -0.3 is 20.1 Å². The maximum absolute atomic E-state index is 5.75. The van der Waals surface area contributed by atoms with Gasteiger partial charge >= 0.3 is 0 Å². The van der Waals surface area contributed by atoms with Crippen molar-refractivity contribution in [3.8, 4) is 0 Å². The zero-order chi connectivity index (χ0) is 19.5. The molecule has 0 aromatic carbocycles. The summed E-state index contributed by atoms with van der Waals surface area (Å²) in [5.41, 5.74) is 2.28. The molecule has 0 amide bonds. The second-order valence-electron chi connectivity index (χ2n) is 7.52. The Kier molecular flexibility index (Phi) is 12.7. The first kappa shape index (κ1) is 25.2. The van der Waals surface area contributed by atoms with Crippen molar-refractivity contribution in [2.45, 2.75) is 47.1 Å². The van der Waals surface area contributed by atoms with Gasteiger partial charge in [0.2, 0.25) is 0 Å². The van der Waals surface area contributed by atoms with Crippen LogP contribution in [0.25, 0.3) is 0 Å². The maximum atomic E-state index is 5.75. The number of aromatic nitrogens is 2. The molecular weight excluding hydrogens is 469 g/mol. The highest BCUT2D eigenvalue weighted by Crippen LogP contribution is 2.12. The number of aliphatic imine (C=N–C) groups is 1. The Morgan fingerprint density at radius 1 is 1.43 bits per heavy atom. The Morgan fingerprint density at radius 3 is 2.89 bits per heavy atom. The van der Waals surface area contributed by atoms with Crippen LogP contribution in [-0.4, -0.2) is 61.8 Å². The quantitative estimate of drug-likeness (QED) is 0.209. The summed E-state index contributed by atoms with van der Waals surface area (Å²) in [6.07, 6.45) is 2.10. The van der Waals surface area contributed by atoms with Crippen molar-refractivity contribution in [3.63, 3.8) is 0 Å². The highest BCUT2D eigenvalue weighted by molar-refractivity contribution is 14.0. The second-order valence-corrected chi connectivity index (χ2v) is 7.52. The molecule has 8 heteroatoms. The molecule has 1 aromatic rings. The lowest BCUT2D eigenvalue weighted by atomic mass is 10.1. The molecular formula is C20H38IN5O2. The van der Waals surface area contributed by atoms with E-state index >= 15 is 0 Å². The SMILES string of the molecule is CCNC(=NCC(C)Cn1nc(C)cc1C)NCCCOCC1CCOC1.I. The van der Waals surface area contributed by atoms with Crippen molar-refractivity contribution >= 4 is 29.9 Å². The normalized spacial score (nSPS) is 18.0. The van der Waals surface area contributed by atoms with Gasteiger partial charge in [-0.15, -0.1) is 24.0 Å². The molecule has 2 rings (SSSR count). The van der Waals surface area contributed by atoms with E-state index in [1.54, 1.807) is 0 Å². The minimum atomic E-state index is 0. The van der Waals surface area contributed by atoms with Gasteiger partial charge in [-0.1, -0.05) is 6.92 Å². The van der Waals surface area contributed by atoms with E-state index in [0.717, 1.165) is 77.1 Å². The topological polar surface area (TPSA) is 72.7 Å². The van der Waals surface area contributed by atoms with Crippen molar-refractivity contribution in [1.29, 1.82) is 0 Å². The van der Waals surface area contributed by atoms with Crippen molar-refractivity contribution in [3.05, 3.63) is 17.5 Å². The zero-order valence-corrected chi connectivity index (χ0v) is 20.2. The first-order valence-corrected chi connectivity index (χ1v) is 10.3. The number of nitrogens with one attached hydrogen (secondary N) is 2. The first-order chi connectivity index (χ1) is 13.1. The van der Waals surface area contributed by atoms with Crippen LogP contribution in [0.2, 0.25) is 0 Å². The van der Waals surface area contributed by atoms with Crippen LogP contribution in [-0.2, 0) is 16.0 Å². The fourth-order valence-electron chi connectivity index (χ4n) is 3.15. The number of hydrogen-bond acceptors (Lipinski definition) is 4. The summed E-state index contributed by atoms with van der Waals surface area (Å²) in [5, 5.41) is 11.2. The van der Waals surface area contributed by atoms with Crippen LogP contribution in [0, 0.1) is 25.7 Å². The average molecular weight is 507 g/mol. The third-order valence-electron chi connectivity index (χ3n) is 4.63. The highest BCUT2D eigenvalue weighted by atomic mass is 127. The van der Waals surface area contributed by atoms with Crippen LogP contribution < -0.4 is 10.6 Å². The third kappa shape index (κ3) is 9.56. The predicted octanol–water partition coefficient (Wildman–Crippen LogP) is 2.75. The molecule has 1 saturated heterocycles. The highest BCUT2D eigenvalue weighted by Gasteiger charge is 2.15. The van der Waals surface area contributed by atoms with E-state index in [4.69, 9.17) is 14.5 Å². The van der Waals surface area contributed by atoms with E-state index in [0.29, 0.717) is 11.8 Å². The summed E-state index contributed by atoms with van der Waals surface area (Å²) in [6, 6.07) is 2.11.